The first-order chi connectivity index (χ1) is 10.2. The fraction of sp³-hybridized carbons (Fsp3) is 0.188. The maximum Gasteiger partial charge on any atom is 0.311 e. The van der Waals surface area contributed by atoms with E-state index < -0.39 is 0 Å². The third-order valence-corrected chi connectivity index (χ3v) is 2.95. The van der Waals surface area contributed by atoms with E-state index in [0.717, 1.165) is 5.56 Å². The molecule has 0 saturated carbocycles. The van der Waals surface area contributed by atoms with Gasteiger partial charge in [0.05, 0.1) is 0 Å². The minimum Gasteiger partial charge on any atom is -0.422 e. The van der Waals surface area contributed by atoms with Gasteiger partial charge in [-0.3, -0.25) is 14.6 Å². The lowest BCUT2D eigenvalue weighted by atomic mass is 10.2. The van der Waals surface area contributed by atoms with Crippen LogP contribution >= 0.6 is 11.6 Å². The second-order valence-electron chi connectivity index (χ2n) is 4.22. The van der Waals surface area contributed by atoms with Crippen LogP contribution in [-0.2, 0) is 10.7 Å². The number of benzene rings is 2. The van der Waals surface area contributed by atoms with Gasteiger partial charge in [-0.25, -0.2) is 0 Å². The molecule has 0 atom stereocenters. The highest BCUT2D eigenvalue weighted by atomic mass is 35.5. The van der Waals surface area contributed by atoms with Crippen molar-refractivity contribution in [2.45, 2.75) is 19.2 Å². The van der Waals surface area contributed by atoms with E-state index in [2.05, 4.69) is 0 Å². The van der Waals surface area contributed by atoms with E-state index in [1.54, 1.807) is 37.3 Å². The van der Waals surface area contributed by atoms with Crippen molar-refractivity contribution in [1.82, 2.24) is 0 Å². The highest BCUT2D eigenvalue weighted by molar-refractivity contribution is 6.17. The third kappa shape index (κ3) is 4.39. The molecule has 0 unspecified atom stereocenters. The normalized spacial score (nSPS) is 10.0. The summed E-state index contributed by atoms with van der Waals surface area (Å²) in [5, 5.41) is 0. The van der Waals surface area contributed by atoms with Gasteiger partial charge in [0.2, 0.25) is 5.75 Å². The monoisotopic (exact) mass is 306 g/mol. The van der Waals surface area contributed by atoms with E-state index in [1.807, 2.05) is 18.2 Å². The van der Waals surface area contributed by atoms with Crippen LogP contribution in [0.25, 0.3) is 0 Å². The molecular formula is C16H15ClO4. The van der Waals surface area contributed by atoms with Gasteiger partial charge in [-0.15, -0.1) is 11.6 Å². The minimum absolute atomic E-state index is 0.268. The Morgan fingerprint density at radius 3 is 2.48 bits per heavy atom. The molecule has 0 saturated heterocycles. The predicted octanol–water partition coefficient (Wildman–Crippen LogP) is 4.11. The van der Waals surface area contributed by atoms with Gasteiger partial charge >= 0.3 is 5.97 Å². The predicted molar refractivity (Wildman–Crippen MR) is 79.6 cm³/mol. The van der Waals surface area contributed by atoms with Gasteiger partial charge in [-0.1, -0.05) is 31.2 Å². The number of hydrogen-bond donors (Lipinski definition) is 0. The topological polar surface area (TPSA) is 44.8 Å². The number of para-hydroxylation sites is 1. The van der Waals surface area contributed by atoms with Crippen LogP contribution in [0.5, 0.6) is 17.2 Å². The molecule has 0 radical (unpaired) electrons. The maximum atomic E-state index is 11.5. The van der Waals surface area contributed by atoms with Crippen LogP contribution in [0.2, 0.25) is 0 Å². The molecule has 0 aliphatic heterocycles. The molecule has 2 rings (SSSR count). The Balaban J connectivity index is 2.15. The molecule has 0 bridgehead atoms. The van der Waals surface area contributed by atoms with E-state index in [9.17, 15) is 4.79 Å². The van der Waals surface area contributed by atoms with Gasteiger partial charge in [-0.05, 0) is 29.8 Å². The molecule has 110 valence electrons. The molecule has 0 aliphatic carbocycles. The quantitative estimate of drug-likeness (QED) is 0.265. The molecule has 0 heterocycles. The lowest BCUT2D eigenvalue weighted by Crippen LogP contribution is -2.09. The first-order valence-corrected chi connectivity index (χ1v) is 7.05. The molecule has 5 heteroatoms. The Hall–Kier alpha value is -2.20. The zero-order valence-electron chi connectivity index (χ0n) is 11.5. The molecule has 0 aliphatic rings. The van der Waals surface area contributed by atoms with Crippen LogP contribution < -0.4 is 14.5 Å². The molecule has 0 fully saturated rings. The highest BCUT2D eigenvalue weighted by Crippen LogP contribution is 2.30. The Bertz CT molecular complexity index is 598. The first-order valence-electron chi connectivity index (χ1n) is 6.52. The summed E-state index contributed by atoms with van der Waals surface area (Å²) >= 11 is 5.78. The highest BCUT2D eigenvalue weighted by Gasteiger charge is 2.12. The van der Waals surface area contributed by atoms with Gasteiger partial charge < -0.3 is 4.74 Å². The molecule has 0 N–H and O–H groups in total. The first kappa shape index (κ1) is 15.2. The zero-order valence-corrected chi connectivity index (χ0v) is 12.3. The van der Waals surface area contributed by atoms with E-state index in [1.165, 1.54) is 0 Å². The fourth-order valence-corrected chi connectivity index (χ4v) is 1.71. The molecule has 0 spiro atoms. The number of rotatable bonds is 6. The Morgan fingerprint density at radius 2 is 1.81 bits per heavy atom. The summed E-state index contributed by atoms with van der Waals surface area (Å²) < 4.78 is 5.22. The van der Waals surface area contributed by atoms with Crippen molar-refractivity contribution in [3.63, 3.8) is 0 Å². The summed E-state index contributed by atoms with van der Waals surface area (Å²) in [5.74, 6) is 1.11. The standard InChI is InChI=1S/C16H15ClO4/c1-2-16(18)19-15-10-12(11-17)8-9-14(15)21-20-13-6-4-3-5-7-13/h3-10H,2,11H2,1H3. The Kier molecular flexibility index (Phi) is 5.46. The molecule has 2 aromatic carbocycles. The number of halogens is 1. The van der Waals surface area contributed by atoms with E-state index in [0.29, 0.717) is 17.4 Å². The average Bonchev–Trinajstić information content (AvgIpc) is 2.54. The second kappa shape index (κ2) is 7.55. The SMILES string of the molecule is CCC(=O)Oc1cc(CCl)ccc1OOc1ccccc1. The fourth-order valence-electron chi connectivity index (χ4n) is 1.55. The Morgan fingerprint density at radius 1 is 1.05 bits per heavy atom. The van der Waals surface area contributed by atoms with Gasteiger partial charge in [0.25, 0.3) is 0 Å². The van der Waals surface area contributed by atoms with Gasteiger partial charge in [-0.2, -0.15) is 0 Å². The summed E-state index contributed by atoms with van der Waals surface area (Å²) in [6.07, 6.45) is 0.268. The summed E-state index contributed by atoms with van der Waals surface area (Å²) in [7, 11) is 0. The summed E-state index contributed by atoms with van der Waals surface area (Å²) in [6, 6.07) is 14.1. The molecule has 0 amide bonds. The minimum atomic E-state index is -0.355. The van der Waals surface area contributed by atoms with Gasteiger partial charge in [0.15, 0.2) is 11.5 Å². The van der Waals surface area contributed by atoms with E-state index in [-0.39, 0.29) is 18.1 Å². The number of ether oxygens (including phenoxy) is 1. The van der Waals surface area contributed by atoms with E-state index >= 15 is 0 Å². The third-order valence-electron chi connectivity index (χ3n) is 2.65. The average molecular weight is 307 g/mol. The molecular weight excluding hydrogens is 292 g/mol. The molecule has 0 aromatic heterocycles. The lowest BCUT2D eigenvalue weighted by Gasteiger charge is -2.11. The lowest BCUT2D eigenvalue weighted by molar-refractivity contribution is -0.135. The number of carbonyl (C=O) groups is 1. The maximum absolute atomic E-state index is 11.5. The molecule has 4 nitrogen and oxygen atoms in total. The van der Waals surface area contributed by atoms with Crippen LogP contribution in [0.3, 0.4) is 0 Å². The van der Waals surface area contributed by atoms with E-state index in [4.69, 9.17) is 26.1 Å². The van der Waals surface area contributed by atoms with Crippen LogP contribution in [0.15, 0.2) is 48.5 Å². The number of esters is 1. The number of carbonyl (C=O) groups excluding carboxylic acids is 1. The summed E-state index contributed by atoms with van der Waals surface area (Å²) in [6.45, 7) is 1.72. The van der Waals surface area contributed by atoms with Crippen molar-refractivity contribution < 1.29 is 19.3 Å². The number of hydrogen-bond acceptors (Lipinski definition) is 4. The summed E-state index contributed by atoms with van der Waals surface area (Å²) in [5.41, 5.74) is 0.822. The van der Waals surface area contributed by atoms with Crippen molar-refractivity contribution in [2.75, 3.05) is 0 Å². The van der Waals surface area contributed by atoms with Crippen molar-refractivity contribution in [3.8, 4) is 17.2 Å². The van der Waals surface area contributed by atoms with Crippen molar-refractivity contribution in [3.05, 3.63) is 54.1 Å². The number of alkyl halides is 1. The van der Waals surface area contributed by atoms with Gasteiger partial charge in [0.1, 0.15) is 0 Å². The zero-order chi connectivity index (χ0) is 15.1. The van der Waals surface area contributed by atoms with Crippen molar-refractivity contribution >= 4 is 17.6 Å². The second-order valence-corrected chi connectivity index (χ2v) is 4.49. The Labute approximate surface area is 128 Å². The van der Waals surface area contributed by atoms with Crippen LogP contribution in [0.1, 0.15) is 18.9 Å². The smallest absolute Gasteiger partial charge is 0.311 e. The van der Waals surface area contributed by atoms with Gasteiger partial charge in [0, 0.05) is 12.3 Å². The largest absolute Gasteiger partial charge is 0.422 e. The van der Waals surface area contributed by atoms with Crippen molar-refractivity contribution in [2.24, 2.45) is 0 Å². The van der Waals surface area contributed by atoms with Crippen LogP contribution in [0, 0.1) is 0 Å². The molecule has 21 heavy (non-hydrogen) atoms. The molecule has 2 aromatic rings. The summed E-state index contributed by atoms with van der Waals surface area (Å²) in [4.78, 5) is 21.9. The van der Waals surface area contributed by atoms with Crippen molar-refractivity contribution in [1.29, 1.82) is 0 Å². The van der Waals surface area contributed by atoms with Crippen LogP contribution in [0.4, 0.5) is 0 Å². The van der Waals surface area contributed by atoms with Crippen LogP contribution in [-0.4, -0.2) is 5.97 Å².